The molecule has 1 saturated carbocycles. The van der Waals surface area contributed by atoms with Gasteiger partial charge in [-0.25, -0.2) is 0 Å². The standard InChI is InChI=1S/C26H29NO5/c1-15-9-10-18(13-16(15)2)24(28)22-23(17-11-12-20(31-3)21(14-17)32-4)27(26(30)25(22)29)19-7-5-6-8-19/h9-14,19,23,28H,5-8H2,1-4H3/b24-22-. The van der Waals surface area contributed by atoms with Crippen LogP contribution in [0.15, 0.2) is 42.0 Å². The molecule has 2 aliphatic rings. The fraction of sp³-hybridized carbons (Fsp3) is 0.385. The van der Waals surface area contributed by atoms with Gasteiger partial charge in [-0.1, -0.05) is 31.0 Å². The number of aliphatic hydroxyl groups excluding tert-OH is 1. The lowest BCUT2D eigenvalue weighted by atomic mass is 9.93. The number of ether oxygens (including phenoxy) is 2. The molecule has 0 bridgehead atoms. The van der Waals surface area contributed by atoms with Crippen LogP contribution in [0.25, 0.3) is 5.76 Å². The zero-order valence-electron chi connectivity index (χ0n) is 19.0. The van der Waals surface area contributed by atoms with Crippen LogP contribution < -0.4 is 9.47 Å². The Bertz CT molecular complexity index is 1100. The molecule has 2 aromatic rings. The van der Waals surface area contributed by atoms with Crippen molar-refractivity contribution in [3.8, 4) is 11.5 Å². The van der Waals surface area contributed by atoms with Gasteiger partial charge < -0.3 is 19.5 Å². The molecule has 6 nitrogen and oxygen atoms in total. The topological polar surface area (TPSA) is 76.1 Å². The SMILES string of the molecule is COc1ccc(C2/C(=C(/O)c3ccc(C)c(C)c3)C(=O)C(=O)N2C2CCCC2)cc1OC. The number of hydrogen-bond donors (Lipinski definition) is 1. The summed E-state index contributed by atoms with van der Waals surface area (Å²) in [5, 5.41) is 11.3. The summed E-state index contributed by atoms with van der Waals surface area (Å²) in [5.74, 6) is -0.280. The van der Waals surface area contributed by atoms with Gasteiger partial charge in [0.25, 0.3) is 11.7 Å². The Morgan fingerprint density at radius 1 is 0.938 bits per heavy atom. The summed E-state index contributed by atoms with van der Waals surface area (Å²) in [5.41, 5.74) is 3.45. The molecule has 0 aromatic heterocycles. The van der Waals surface area contributed by atoms with Gasteiger partial charge >= 0.3 is 0 Å². The van der Waals surface area contributed by atoms with Crippen LogP contribution in [0.3, 0.4) is 0 Å². The highest BCUT2D eigenvalue weighted by molar-refractivity contribution is 6.46. The number of nitrogens with zero attached hydrogens (tertiary/aromatic N) is 1. The number of rotatable bonds is 5. The number of aliphatic hydroxyl groups is 1. The second kappa shape index (κ2) is 8.69. The van der Waals surface area contributed by atoms with E-state index in [9.17, 15) is 14.7 Å². The fourth-order valence-corrected chi connectivity index (χ4v) is 4.80. The first-order valence-corrected chi connectivity index (χ1v) is 11.0. The highest BCUT2D eigenvalue weighted by atomic mass is 16.5. The summed E-state index contributed by atoms with van der Waals surface area (Å²) in [4.78, 5) is 28.1. The predicted octanol–water partition coefficient (Wildman–Crippen LogP) is 4.68. The third kappa shape index (κ3) is 3.64. The van der Waals surface area contributed by atoms with E-state index in [1.165, 1.54) is 0 Å². The van der Waals surface area contributed by atoms with Gasteiger partial charge in [0.2, 0.25) is 0 Å². The van der Waals surface area contributed by atoms with Gasteiger partial charge in [0.05, 0.1) is 25.8 Å². The summed E-state index contributed by atoms with van der Waals surface area (Å²) in [6.45, 7) is 3.94. The van der Waals surface area contributed by atoms with Gasteiger partial charge in [-0.15, -0.1) is 0 Å². The highest BCUT2D eigenvalue weighted by Crippen LogP contribution is 2.45. The number of carbonyl (C=O) groups is 2. The molecule has 6 heteroatoms. The molecule has 168 valence electrons. The molecular weight excluding hydrogens is 406 g/mol. The summed E-state index contributed by atoms with van der Waals surface area (Å²) >= 11 is 0. The van der Waals surface area contributed by atoms with E-state index in [0.717, 1.165) is 36.8 Å². The Hall–Kier alpha value is -3.28. The third-order valence-corrected chi connectivity index (χ3v) is 6.70. The number of Topliss-reactive ketones (excluding diaryl/α,β-unsaturated/α-hetero) is 1. The molecule has 1 atom stereocenters. The minimum absolute atomic E-state index is 0.0328. The van der Waals surface area contributed by atoms with Crippen LogP contribution in [0.4, 0.5) is 0 Å². The number of ketones is 1. The van der Waals surface area contributed by atoms with Crippen molar-refractivity contribution in [2.45, 2.75) is 51.6 Å². The van der Waals surface area contributed by atoms with Crippen molar-refractivity contribution in [3.05, 3.63) is 64.2 Å². The molecular formula is C26H29NO5. The van der Waals surface area contributed by atoms with Gasteiger partial charge in [0, 0.05) is 11.6 Å². The van der Waals surface area contributed by atoms with Crippen molar-refractivity contribution in [1.82, 2.24) is 4.90 Å². The molecule has 1 aliphatic carbocycles. The van der Waals surface area contributed by atoms with E-state index in [2.05, 4.69) is 0 Å². The third-order valence-electron chi connectivity index (χ3n) is 6.70. The Morgan fingerprint density at radius 2 is 1.62 bits per heavy atom. The van der Waals surface area contributed by atoms with Gasteiger partial charge in [-0.2, -0.15) is 0 Å². The van der Waals surface area contributed by atoms with Crippen LogP contribution in [0, 0.1) is 13.8 Å². The maximum atomic E-state index is 13.2. The zero-order valence-corrected chi connectivity index (χ0v) is 19.0. The van der Waals surface area contributed by atoms with E-state index in [4.69, 9.17) is 9.47 Å². The molecule has 1 unspecified atom stereocenters. The zero-order chi connectivity index (χ0) is 23.0. The molecule has 1 saturated heterocycles. The van der Waals surface area contributed by atoms with Crippen molar-refractivity contribution in [1.29, 1.82) is 0 Å². The maximum absolute atomic E-state index is 13.2. The number of amides is 1. The van der Waals surface area contributed by atoms with Crippen molar-refractivity contribution < 1.29 is 24.2 Å². The summed E-state index contributed by atoms with van der Waals surface area (Å²) in [7, 11) is 3.10. The minimum Gasteiger partial charge on any atom is -0.507 e. The van der Waals surface area contributed by atoms with Crippen LogP contribution in [0.1, 0.15) is 54.0 Å². The molecule has 2 aromatic carbocycles. The lowest BCUT2D eigenvalue weighted by Gasteiger charge is -2.31. The van der Waals surface area contributed by atoms with E-state index in [1.807, 2.05) is 32.0 Å². The minimum atomic E-state index is -0.681. The number of methoxy groups -OCH3 is 2. The van der Waals surface area contributed by atoms with Crippen molar-refractivity contribution in [2.24, 2.45) is 0 Å². The van der Waals surface area contributed by atoms with Crippen LogP contribution in [-0.4, -0.2) is 42.0 Å². The Kier molecular flexibility index (Phi) is 5.96. The number of carbonyl (C=O) groups excluding carboxylic acids is 2. The molecule has 32 heavy (non-hydrogen) atoms. The first kappa shape index (κ1) is 21.9. The Labute approximate surface area is 188 Å². The maximum Gasteiger partial charge on any atom is 0.295 e. The van der Waals surface area contributed by atoms with Gasteiger partial charge in [-0.3, -0.25) is 9.59 Å². The molecule has 1 heterocycles. The molecule has 0 radical (unpaired) electrons. The van der Waals surface area contributed by atoms with Crippen molar-refractivity contribution >= 4 is 17.4 Å². The summed E-state index contributed by atoms with van der Waals surface area (Å²) in [6.07, 6.45) is 3.73. The van der Waals surface area contributed by atoms with Gasteiger partial charge in [0.1, 0.15) is 5.76 Å². The largest absolute Gasteiger partial charge is 0.507 e. The normalized spacial score (nSPS) is 20.8. The van der Waals surface area contributed by atoms with E-state index >= 15 is 0 Å². The molecule has 1 N–H and O–H groups in total. The summed E-state index contributed by atoms with van der Waals surface area (Å²) < 4.78 is 10.8. The van der Waals surface area contributed by atoms with E-state index < -0.39 is 17.7 Å². The van der Waals surface area contributed by atoms with E-state index in [0.29, 0.717) is 22.6 Å². The van der Waals surface area contributed by atoms with Crippen molar-refractivity contribution in [3.63, 3.8) is 0 Å². The quantitative estimate of drug-likeness (QED) is 0.419. The second-order valence-electron chi connectivity index (χ2n) is 8.56. The number of aryl methyl sites for hydroxylation is 2. The second-order valence-corrected chi connectivity index (χ2v) is 8.56. The van der Waals surface area contributed by atoms with E-state index in [1.54, 1.807) is 37.3 Å². The average molecular weight is 436 g/mol. The number of hydrogen-bond acceptors (Lipinski definition) is 5. The number of likely N-dealkylation sites (tertiary alicyclic amines) is 1. The lowest BCUT2D eigenvalue weighted by molar-refractivity contribution is -0.141. The molecule has 4 rings (SSSR count). The monoisotopic (exact) mass is 435 g/mol. The fourth-order valence-electron chi connectivity index (χ4n) is 4.80. The smallest absolute Gasteiger partial charge is 0.295 e. The number of benzene rings is 2. The first-order valence-electron chi connectivity index (χ1n) is 11.0. The van der Waals surface area contributed by atoms with Crippen LogP contribution in [0.2, 0.25) is 0 Å². The summed E-state index contributed by atoms with van der Waals surface area (Å²) in [6, 6.07) is 10.2. The highest BCUT2D eigenvalue weighted by Gasteiger charge is 2.49. The van der Waals surface area contributed by atoms with Crippen molar-refractivity contribution in [2.75, 3.05) is 14.2 Å². The molecule has 1 amide bonds. The van der Waals surface area contributed by atoms with Gasteiger partial charge in [-0.05, 0) is 61.6 Å². The van der Waals surface area contributed by atoms with Crippen LogP contribution >= 0.6 is 0 Å². The van der Waals surface area contributed by atoms with Crippen LogP contribution in [0.5, 0.6) is 11.5 Å². The molecule has 2 fully saturated rings. The van der Waals surface area contributed by atoms with Gasteiger partial charge in [0.15, 0.2) is 11.5 Å². The molecule has 1 aliphatic heterocycles. The predicted molar refractivity (Wildman–Crippen MR) is 122 cm³/mol. The first-order chi connectivity index (χ1) is 15.4. The Morgan fingerprint density at radius 3 is 2.25 bits per heavy atom. The van der Waals surface area contributed by atoms with E-state index in [-0.39, 0.29) is 17.4 Å². The van der Waals surface area contributed by atoms with Crippen LogP contribution in [-0.2, 0) is 9.59 Å². The average Bonchev–Trinajstić information content (AvgIpc) is 3.41. The lowest BCUT2D eigenvalue weighted by Crippen LogP contribution is -2.37. The molecule has 0 spiro atoms. The Balaban J connectivity index is 1.91.